The fourth-order valence-electron chi connectivity index (χ4n) is 2.24. The molecule has 0 unspecified atom stereocenters. The smallest absolute Gasteiger partial charge is 0.410 e. The quantitative estimate of drug-likeness (QED) is 0.715. The van der Waals surface area contributed by atoms with Gasteiger partial charge in [0.2, 0.25) is 0 Å². The van der Waals surface area contributed by atoms with E-state index in [2.05, 4.69) is 9.97 Å². The van der Waals surface area contributed by atoms with Gasteiger partial charge >= 0.3 is 6.09 Å². The Kier molecular flexibility index (Phi) is 5.66. The van der Waals surface area contributed by atoms with Gasteiger partial charge in [0, 0.05) is 18.8 Å². The van der Waals surface area contributed by atoms with Crippen LogP contribution in [0.2, 0.25) is 5.15 Å². The summed E-state index contributed by atoms with van der Waals surface area (Å²) in [5.41, 5.74) is 7.37. The van der Waals surface area contributed by atoms with E-state index in [1.165, 1.54) is 6.20 Å². The summed E-state index contributed by atoms with van der Waals surface area (Å²) >= 11 is 6.03. The molecule has 0 spiro atoms. The third-order valence-corrected chi connectivity index (χ3v) is 3.69. The van der Waals surface area contributed by atoms with Crippen LogP contribution < -0.4 is 15.2 Å². The predicted octanol–water partition coefficient (Wildman–Crippen LogP) is 3.77. The van der Waals surface area contributed by atoms with Crippen LogP contribution in [0.1, 0.15) is 16.8 Å². The number of hydrogen-bond donors (Lipinski definition) is 1. The van der Waals surface area contributed by atoms with E-state index < -0.39 is 6.09 Å². The summed E-state index contributed by atoms with van der Waals surface area (Å²) in [6.07, 6.45) is 3.90. The van der Waals surface area contributed by atoms with E-state index in [0.717, 1.165) is 11.1 Å². The molecule has 0 aliphatic carbocycles. The number of carbonyl (C=O) groups excluding carboxylic acids is 1. The molecule has 26 heavy (non-hydrogen) atoms. The van der Waals surface area contributed by atoms with Gasteiger partial charge in [-0.3, -0.25) is 4.98 Å². The molecule has 1 heterocycles. The average Bonchev–Trinajstić information content (AvgIpc) is 2.64. The van der Waals surface area contributed by atoms with Gasteiger partial charge in [0.25, 0.3) is 0 Å². The molecule has 7 heteroatoms. The van der Waals surface area contributed by atoms with Crippen molar-refractivity contribution >= 4 is 17.7 Å². The van der Waals surface area contributed by atoms with Crippen LogP contribution >= 0.6 is 11.6 Å². The monoisotopic (exact) mass is 368 g/mol. The highest BCUT2D eigenvalue weighted by Crippen LogP contribution is 2.31. The number of rotatable bonds is 6. The Morgan fingerprint density at radius 3 is 2.58 bits per heavy atom. The predicted molar refractivity (Wildman–Crippen MR) is 97.0 cm³/mol. The van der Waals surface area contributed by atoms with Crippen molar-refractivity contribution in [1.29, 1.82) is 0 Å². The minimum absolute atomic E-state index is 0.232. The Labute approximate surface area is 155 Å². The molecule has 0 saturated heterocycles. The summed E-state index contributed by atoms with van der Waals surface area (Å²) in [5, 5.41) is 0.289. The zero-order valence-electron chi connectivity index (χ0n) is 13.6. The van der Waals surface area contributed by atoms with Crippen LogP contribution in [0.5, 0.6) is 11.5 Å². The standard InChI is InChI=1S/C19H15ClN3O3/c20-18-15(22-8-9-23-18)10-14-6-7-16(26-19(21)24)17(11-14)25-12-13-4-2-1-3-5-13/h1-11H,12H2,(H2,21,24). The number of amides is 1. The van der Waals surface area contributed by atoms with E-state index in [4.69, 9.17) is 26.8 Å². The first-order valence-corrected chi connectivity index (χ1v) is 8.09. The number of benzene rings is 2. The maximum absolute atomic E-state index is 11.1. The van der Waals surface area contributed by atoms with Crippen molar-refractivity contribution in [2.75, 3.05) is 0 Å². The van der Waals surface area contributed by atoms with Crippen LogP contribution in [0.3, 0.4) is 0 Å². The molecule has 2 aromatic carbocycles. The molecular weight excluding hydrogens is 354 g/mol. The second-order valence-electron chi connectivity index (χ2n) is 5.28. The van der Waals surface area contributed by atoms with Gasteiger partial charge in [-0.25, -0.2) is 9.78 Å². The van der Waals surface area contributed by atoms with Crippen molar-refractivity contribution < 1.29 is 14.3 Å². The summed E-state index contributed by atoms with van der Waals surface area (Å²) in [6.45, 7) is 0.311. The first kappa shape index (κ1) is 17.7. The van der Waals surface area contributed by atoms with E-state index in [1.54, 1.807) is 30.8 Å². The third kappa shape index (κ3) is 4.70. The van der Waals surface area contributed by atoms with Gasteiger partial charge in [0.1, 0.15) is 6.61 Å². The molecule has 0 fully saturated rings. The van der Waals surface area contributed by atoms with Crippen LogP contribution in [-0.4, -0.2) is 16.1 Å². The highest BCUT2D eigenvalue weighted by Gasteiger charge is 2.12. The molecule has 3 aromatic rings. The highest BCUT2D eigenvalue weighted by molar-refractivity contribution is 6.30. The lowest BCUT2D eigenvalue weighted by Crippen LogP contribution is -2.16. The van der Waals surface area contributed by atoms with Crippen LogP contribution in [0.15, 0.2) is 60.9 Å². The normalized spacial score (nSPS) is 10.3. The number of aromatic nitrogens is 2. The Morgan fingerprint density at radius 1 is 1.08 bits per heavy atom. The molecule has 0 saturated carbocycles. The topological polar surface area (TPSA) is 87.3 Å². The number of ether oxygens (including phenoxy) is 2. The molecular formula is C19H15ClN3O3. The van der Waals surface area contributed by atoms with Gasteiger partial charge in [-0.1, -0.05) is 48.0 Å². The van der Waals surface area contributed by atoms with Crippen LogP contribution in [0.25, 0.3) is 0 Å². The largest absolute Gasteiger partial charge is 0.485 e. The second-order valence-corrected chi connectivity index (χ2v) is 5.64. The molecule has 0 bridgehead atoms. The Morgan fingerprint density at radius 2 is 1.85 bits per heavy atom. The summed E-state index contributed by atoms with van der Waals surface area (Å²) in [6, 6.07) is 14.7. The Hall–Kier alpha value is -3.12. The summed E-state index contributed by atoms with van der Waals surface area (Å²) in [7, 11) is 0. The lowest BCUT2D eigenvalue weighted by atomic mass is 10.1. The van der Waals surface area contributed by atoms with Crippen LogP contribution in [0.4, 0.5) is 4.79 Å². The Bertz CT molecular complexity index is 904. The maximum atomic E-state index is 11.1. The summed E-state index contributed by atoms with van der Waals surface area (Å²) in [4.78, 5) is 19.3. The van der Waals surface area contributed by atoms with Gasteiger partial charge < -0.3 is 15.2 Å². The summed E-state index contributed by atoms with van der Waals surface area (Å²) < 4.78 is 10.8. The van der Waals surface area contributed by atoms with Crippen molar-refractivity contribution in [1.82, 2.24) is 9.97 Å². The number of halogens is 1. The molecule has 0 aliphatic heterocycles. The number of nitrogens with two attached hydrogens (primary N) is 1. The number of hydrogen-bond acceptors (Lipinski definition) is 5. The van der Waals surface area contributed by atoms with Crippen LogP contribution in [-0.2, 0) is 6.61 Å². The van der Waals surface area contributed by atoms with Crippen molar-refractivity contribution in [3.05, 3.63) is 89.3 Å². The molecule has 2 N–H and O–H groups in total. The first-order valence-electron chi connectivity index (χ1n) is 7.71. The van der Waals surface area contributed by atoms with Gasteiger partial charge in [0.05, 0.1) is 5.69 Å². The zero-order valence-corrected chi connectivity index (χ0v) is 14.4. The molecule has 6 nitrogen and oxygen atoms in total. The molecule has 3 rings (SSSR count). The van der Waals surface area contributed by atoms with E-state index in [0.29, 0.717) is 18.1 Å². The van der Waals surface area contributed by atoms with Crippen molar-refractivity contribution in [2.24, 2.45) is 5.73 Å². The van der Waals surface area contributed by atoms with E-state index in [1.807, 2.05) is 30.3 Å². The fourth-order valence-corrected chi connectivity index (χ4v) is 2.40. The van der Waals surface area contributed by atoms with Crippen molar-refractivity contribution in [3.63, 3.8) is 0 Å². The molecule has 1 radical (unpaired) electrons. The zero-order chi connectivity index (χ0) is 18.4. The highest BCUT2D eigenvalue weighted by atomic mass is 35.5. The van der Waals surface area contributed by atoms with Gasteiger partial charge in [-0.2, -0.15) is 0 Å². The second kappa shape index (κ2) is 8.31. The van der Waals surface area contributed by atoms with Gasteiger partial charge in [-0.05, 0) is 23.3 Å². The van der Waals surface area contributed by atoms with Crippen molar-refractivity contribution in [3.8, 4) is 11.5 Å². The maximum Gasteiger partial charge on any atom is 0.410 e. The first-order chi connectivity index (χ1) is 12.6. The third-order valence-electron chi connectivity index (χ3n) is 3.40. The molecule has 131 valence electrons. The molecule has 0 aliphatic rings. The minimum Gasteiger partial charge on any atom is -0.485 e. The fraction of sp³-hybridized carbons (Fsp3) is 0.0526. The molecule has 1 amide bonds. The SMILES string of the molecule is NC(=O)Oc1ccc([CH]c2nccnc2Cl)cc1OCc1ccccc1. The molecule has 0 atom stereocenters. The van der Waals surface area contributed by atoms with E-state index in [-0.39, 0.29) is 10.9 Å². The van der Waals surface area contributed by atoms with Gasteiger partial charge in [-0.15, -0.1) is 0 Å². The lowest BCUT2D eigenvalue weighted by molar-refractivity contribution is 0.206. The number of primary amides is 1. The number of nitrogens with zero attached hydrogens (tertiary/aromatic N) is 2. The van der Waals surface area contributed by atoms with Gasteiger partial charge in [0.15, 0.2) is 16.7 Å². The van der Waals surface area contributed by atoms with Crippen LogP contribution in [0, 0.1) is 6.42 Å². The molecule has 1 aromatic heterocycles. The van der Waals surface area contributed by atoms with E-state index >= 15 is 0 Å². The number of carbonyl (C=O) groups is 1. The average molecular weight is 369 g/mol. The van der Waals surface area contributed by atoms with E-state index in [9.17, 15) is 4.79 Å². The minimum atomic E-state index is -0.914. The lowest BCUT2D eigenvalue weighted by Gasteiger charge is -2.12. The van der Waals surface area contributed by atoms with Crippen molar-refractivity contribution in [2.45, 2.75) is 6.61 Å². The Balaban J connectivity index is 1.83. The summed E-state index contributed by atoms with van der Waals surface area (Å²) in [5.74, 6) is 0.609.